The third kappa shape index (κ3) is 2.76. The number of ether oxygens (including phenoxy) is 2. The summed E-state index contributed by atoms with van der Waals surface area (Å²) in [5.41, 5.74) is 2.65. The van der Waals surface area contributed by atoms with Crippen LogP contribution in [0.1, 0.15) is 30.9 Å². The lowest BCUT2D eigenvalue weighted by molar-refractivity contribution is -0.216. The van der Waals surface area contributed by atoms with Gasteiger partial charge in [-0.3, -0.25) is 4.79 Å². The zero-order valence-electron chi connectivity index (χ0n) is 13.4. The molecule has 0 aromatic heterocycles. The Balaban J connectivity index is 1.98. The van der Waals surface area contributed by atoms with Crippen molar-refractivity contribution in [1.82, 2.24) is 0 Å². The van der Waals surface area contributed by atoms with Crippen LogP contribution in [-0.4, -0.2) is 30.1 Å². The molecule has 3 rings (SSSR count). The van der Waals surface area contributed by atoms with Gasteiger partial charge in [-0.15, -0.1) is 0 Å². The van der Waals surface area contributed by atoms with Crippen molar-refractivity contribution in [3.63, 3.8) is 0 Å². The first-order chi connectivity index (χ1) is 10.9. The predicted molar refractivity (Wildman–Crippen MR) is 86.9 cm³/mol. The predicted octanol–water partition coefficient (Wildman–Crippen LogP) is 3.09. The van der Waals surface area contributed by atoms with Crippen LogP contribution in [0.15, 0.2) is 48.5 Å². The number of hydrogen-bond donors (Lipinski definition) is 1. The largest absolute Gasteiger partial charge is 0.432 e. The summed E-state index contributed by atoms with van der Waals surface area (Å²) >= 11 is 0. The van der Waals surface area contributed by atoms with Gasteiger partial charge in [-0.1, -0.05) is 48.5 Å². The molecule has 0 radical (unpaired) electrons. The minimum absolute atomic E-state index is 0.420. The zero-order chi connectivity index (χ0) is 16.6. The third-order valence-corrected chi connectivity index (χ3v) is 4.08. The molecular weight excluding hydrogens is 292 g/mol. The summed E-state index contributed by atoms with van der Waals surface area (Å²) in [6, 6.07) is 15.6. The molecule has 2 aromatic carbocycles. The Kier molecular flexibility index (Phi) is 3.96. The van der Waals surface area contributed by atoms with Crippen LogP contribution >= 0.6 is 0 Å². The minimum atomic E-state index is -1.28. The highest BCUT2D eigenvalue weighted by Crippen LogP contribution is 2.45. The smallest absolute Gasteiger partial charge is 0.320 e. The Morgan fingerprint density at radius 3 is 1.96 bits per heavy atom. The first-order valence-corrected chi connectivity index (χ1v) is 7.57. The molecule has 2 aromatic rings. The molecule has 120 valence electrons. The van der Waals surface area contributed by atoms with Crippen molar-refractivity contribution in [3.05, 3.63) is 59.7 Å². The van der Waals surface area contributed by atoms with Crippen molar-refractivity contribution in [2.75, 3.05) is 7.11 Å². The summed E-state index contributed by atoms with van der Waals surface area (Å²) in [5, 5.41) is 10.1. The molecule has 1 N–H and O–H groups in total. The Bertz CT molecular complexity index is 685. The first kappa shape index (κ1) is 15.7. The van der Waals surface area contributed by atoms with Crippen molar-refractivity contribution >= 4 is 5.97 Å². The Hall–Kier alpha value is -2.17. The van der Waals surface area contributed by atoms with Crippen LogP contribution in [0.25, 0.3) is 11.1 Å². The summed E-state index contributed by atoms with van der Waals surface area (Å²) in [6.07, 6.45) is -1.02. The molecule has 0 amide bonds. The van der Waals surface area contributed by atoms with Crippen LogP contribution in [0.4, 0.5) is 0 Å². The van der Waals surface area contributed by atoms with E-state index in [1.165, 1.54) is 7.11 Å². The van der Waals surface area contributed by atoms with Gasteiger partial charge >= 0.3 is 5.97 Å². The summed E-state index contributed by atoms with van der Waals surface area (Å²) < 4.78 is 10.6. The molecule has 1 atom stereocenters. The summed E-state index contributed by atoms with van der Waals surface area (Å²) in [7, 11) is 1.41. The van der Waals surface area contributed by atoms with Gasteiger partial charge in [0.25, 0.3) is 0 Å². The molecule has 4 nitrogen and oxygen atoms in total. The summed E-state index contributed by atoms with van der Waals surface area (Å²) in [6.45, 7) is 3.09. The third-order valence-electron chi connectivity index (χ3n) is 4.08. The molecule has 0 saturated heterocycles. The van der Waals surface area contributed by atoms with Gasteiger partial charge in [-0.2, -0.15) is 0 Å². The van der Waals surface area contributed by atoms with Gasteiger partial charge in [0.1, 0.15) is 11.5 Å². The van der Waals surface area contributed by atoms with E-state index >= 15 is 0 Å². The lowest BCUT2D eigenvalue weighted by atomic mass is 9.97. The average Bonchev–Trinajstić information content (AvgIpc) is 2.86. The Morgan fingerprint density at radius 1 is 1.04 bits per heavy atom. The maximum atomic E-state index is 12.8. The van der Waals surface area contributed by atoms with E-state index in [1.54, 1.807) is 13.8 Å². The van der Waals surface area contributed by atoms with Crippen LogP contribution in [0.5, 0.6) is 0 Å². The molecule has 0 fully saturated rings. The van der Waals surface area contributed by atoms with Crippen LogP contribution in [0.3, 0.4) is 0 Å². The molecule has 1 aliphatic carbocycles. The van der Waals surface area contributed by atoms with E-state index in [-0.39, 0.29) is 0 Å². The number of methoxy groups -OCH3 is 1. The van der Waals surface area contributed by atoms with Crippen molar-refractivity contribution in [2.45, 2.75) is 31.7 Å². The minimum Gasteiger partial charge on any atom is -0.432 e. The zero-order valence-corrected chi connectivity index (χ0v) is 13.4. The second-order valence-corrected chi connectivity index (χ2v) is 6.27. The van der Waals surface area contributed by atoms with Crippen molar-refractivity contribution in [1.29, 1.82) is 0 Å². The molecule has 0 bridgehead atoms. The quantitative estimate of drug-likeness (QED) is 0.696. The van der Waals surface area contributed by atoms with Crippen molar-refractivity contribution in [3.8, 4) is 11.1 Å². The molecule has 0 saturated carbocycles. The van der Waals surface area contributed by atoms with Crippen LogP contribution < -0.4 is 0 Å². The van der Waals surface area contributed by atoms with E-state index in [1.807, 2.05) is 48.5 Å². The number of aliphatic hydroxyl groups is 1. The van der Waals surface area contributed by atoms with Gasteiger partial charge in [0.2, 0.25) is 6.29 Å². The van der Waals surface area contributed by atoms with Crippen molar-refractivity contribution in [2.24, 2.45) is 0 Å². The number of rotatable bonds is 4. The van der Waals surface area contributed by atoms with Gasteiger partial charge in [-0.05, 0) is 36.1 Å². The van der Waals surface area contributed by atoms with Gasteiger partial charge in [-0.25, -0.2) is 0 Å². The summed E-state index contributed by atoms with van der Waals surface area (Å²) in [4.78, 5) is 12.8. The highest BCUT2D eigenvalue weighted by atomic mass is 16.7. The number of fused-ring (bicyclic) bond motifs is 3. The van der Waals surface area contributed by atoms with E-state index in [0.29, 0.717) is 0 Å². The fraction of sp³-hybridized carbons (Fsp3) is 0.316. The summed E-state index contributed by atoms with van der Waals surface area (Å²) in [5.74, 6) is -0.918. The normalized spacial score (nSPS) is 15.0. The lowest BCUT2D eigenvalue weighted by Gasteiger charge is -2.28. The van der Waals surface area contributed by atoms with E-state index in [0.717, 1.165) is 22.3 Å². The maximum absolute atomic E-state index is 12.8. The molecule has 0 heterocycles. The lowest BCUT2D eigenvalue weighted by Crippen LogP contribution is -2.41. The number of benzene rings is 2. The molecule has 0 aliphatic heterocycles. The molecule has 4 heteroatoms. The van der Waals surface area contributed by atoms with E-state index < -0.39 is 23.8 Å². The van der Waals surface area contributed by atoms with Crippen LogP contribution in [0.2, 0.25) is 0 Å². The fourth-order valence-corrected chi connectivity index (χ4v) is 3.06. The van der Waals surface area contributed by atoms with Gasteiger partial charge in [0, 0.05) is 7.11 Å². The second-order valence-electron chi connectivity index (χ2n) is 6.27. The highest BCUT2D eigenvalue weighted by molar-refractivity contribution is 5.93. The number of carbonyl (C=O) groups excluding carboxylic acids is 1. The molecule has 1 unspecified atom stereocenters. The van der Waals surface area contributed by atoms with Gasteiger partial charge in [0.05, 0.1) is 0 Å². The SMILES string of the molecule is COC(OC(=O)C1c2ccccc2-c2ccccc21)C(C)(C)O. The molecule has 23 heavy (non-hydrogen) atoms. The first-order valence-electron chi connectivity index (χ1n) is 7.57. The Labute approximate surface area is 135 Å². The topological polar surface area (TPSA) is 55.8 Å². The van der Waals surface area contributed by atoms with E-state index in [4.69, 9.17) is 9.47 Å². The molecule has 1 aliphatic rings. The van der Waals surface area contributed by atoms with Crippen LogP contribution in [0, 0.1) is 0 Å². The fourth-order valence-electron chi connectivity index (χ4n) is 3.06. The molecule has 0 spiro atoms. The number of carbonyl (C=O) groups is 1. The molecular formula is C19H20O4. The number of esters is 1. The Morgan fingerprint density at radius 2 is 1.52 bits per heavy atom. The second kappa shape index (κ2) is 5.80. The van der Waals surface area contributed by atoms with Gasteiger partial charge in [0.15, 0.2) is 0 Å². The maximum Gasteiger partial charge on any atom is 0.320 e. The number of hydrogen-bond acceptors (Lipinski definition) is 4. The standard InChI is InChI=1S/C19H20O4/c1-19(2,21)18(22-3)23-17(20)16-14-10-6-4-8-12(14)13-9-5-7-11-15(13)16/h4-11,16,18,21H,1-3H3. The van der Waals surface area contributed by atoms with Crippen molar-refractivity contribution < 1.29 is 19.4 Å². The van der Waals surface area contributed by atoms with E-state index in [9.17, 15) is 9.90 Å². The highest BCUT2D eigenvalue weighted by Gasteiger charge is 2.38. The van der Waals surface area contributed by atoms with E-state index in [2.05, 4.69) is 0 Å². The monoisotopic (exact) mass is 312 g/mol. The van der Waals surface area contributed by atoms with Crippen LogP contribution in [-0.2, 0) is 14.3 Å². The van der Waals surface area contributed by atoms with Gasteiger partial charge < -0.3 is 14.6 Å². The average molecular weight is 312 g/mol.